The van der Waals surface area contributed by atoms with Gasteiger partial charge in [0, 0.05) is 18.9 Å². The molecule has 1 N–H and O–H groups in total. The molecule has 1 spiro atoms. The summed E-state index contributed by atoms with van der Waals surface area (Å²) in [6, 6.07) is 0. The molecule has 4 saturated heterocycles. The highest BCUT2D eigenvalue weighted by atomic mass is 17.3. The first kappa shape index (κ1) is 16.2. The van der Waals surface area contributed by atoms with Gasteiger partial charge in [0.25, 0.3) is 0 Å². The Morgan fingerprint density at radius 1 is 1.17 bits per heavy atom. The van der Waals surface area contributed by atoms with Crippen LogP contribution in [0.15, 0.2) is 0 Å². The second-order valence-electron chi connectivity index (χ2n) is 8.01. The predicted molar refractivity (Wildman–Crippen MR) is 79.9 cm³/mol. The van der Waals surface area contributed by atoms with Gasteiger partial charge in [0.15, 0.2) is 18.2 Å². The molecule has 0 aromatic heterocycles. The predicted octanol–water partition coefficient (Wildman–Crippen LogP) is 2.35. The molecule has 5 aliphatic rings. The standard InChI is InChI=1S/C17H28O6/c1-5-19-13-16(4,18)12-7-6-10(2)11-8-9-15(3)21-14(20-13)17(11,12)23-22-15/h10-14,18H,5-9H2,1-4H3/t10-,11+,12+,13+,14-,15-,16-,17-/m1/s1. The van der Waals surface area contributed by atoms with E-state index in [1.807, 2.05) is 13.8 Å². The second kappa shape index (κ2) is 5.13. The zero-order valence-electron chi connectivity index (χ0n) is 14.4. The van der Waals surface area contributed by atoms with Crippen molar-refractivity contribution in [2.45, 2.75) is 82.9 Å². The Labute approximate surface area is 137 Å². The maximum atomic E-state index is 11.2. The minimum absolute atomic E-state index is 0.144. The maximum absolute atomic E-state index is 11.2. The fourth-order valence-corrected chi connectivity index (χ4v) is 5.24. The molecule has 6 heteroatoms. The van der Waals surface area contributed by atoms with Crippen LogP contribution >= 0.6 is 0 Å². The smallest absolute Gasteiger partial charge is 0.201 e. The molecule has 6 nitrogen and oxygen atoms in total. The first-order valence-electron chi connectivity index (χ1n) is 8.87. The first-order valence-corrected chi connectivity index (χ1v) is 8.87. The van der Waals surface area contributed by atoms with Crippen molar-refractivity contribution in [3.8, 4) is 0 Å². The monoisotopic (exact) mass is 328 g/mol. The van der Waals surface area contributed by atoms with Gasteiger partial charge in [0.1, 0.15) is 5.60 Å². The number of hydrogen-bond acceptors (Lipinski definition) is 6. The molecule has 4 heterocycles. The van der Waals surface area contributed by atoms with Gasteiger partial charge in [-0.3, -0.25) is 0 Å². The Morgan fingerprint density at radius 2 is 1.96 bits per heavy atom. The van der Waals surface area contributed by atoms with Gasteiger partial charge in [-0.2, -0.15) is 0 Å². The Balaban J connectivity index is 1.80. The molecule has 132 valence electrons. The van der Waals surface area contributed by atoms with Gasteiger partial charge in [-0.25, -0.2) is 9.78 Å². The van der Waals surface area contributed by atoms with Gasteiger partial charge in [-0.15, -0.1) is 0 Å². The third-order valence-electron chi connectivity index (χ3n) is 6.47. The van der Waals surface area contributed by atoms with Crippen molar-refractivity contribution in [2.75, 3.05) is 6.61 Å². The molecule has 0 aromatic carbocycles. The highest BCUT2D eigenvalue weighted by Crippen LogP contribution is 2.61. The second-order valence-corrected chi connectivity index (χ2v) is 8.01. The van der Waals surface area contributed by atoms with Crippen LogP contribution in [0.25, 0.3) is 0 Å². The molecule has 5 fully saturated rings. The van der Waals surface area contributed by atoms with Crippen LogP contribution < -0.4 is 0 Å². The van der Waals surface area contributed by atoms with Crippen molar-refractivity contribution in [1.82, 2.24) is 0 Å². The van der Waals surface area contributed by atoms with Gasteiger partial charge in [-0.1, -0.05) is 6.92 Å². The van der Waals surface area contributed by atoms with E-state index in [9.17, 15) is 5.11 Å². The van der Waals surface area contributed by atoms with Crippen LogP contribution in [0.5, 0.6) is 0 Å². The van der Waals surface area contributed by atoms with Crippen LogP contribution in [0.1, 0.15) is 53.4 Å². The molecular formula is C17H28O6. The molecule has 23 heavy (non-hydrogen) atoms. The number of fused-ring (bicyclic) bond motifs is 2. The maximum Gasteiger partial charge on any atom is 0.201 e. The van der Waals surface area contributed by atoms with E-state index in [0.717, 1.165) is 25.7 Å². The Bertz CT molecular complexity index is 482. The van der Waals surface area contributed by atoms with Crippen LogP contribution in [-0.4, -0.2) is 41.3 Å². The summed E-state index contributed by atoms with van der Waals surface area (Å²) in [7, 11) is 0. The number of rotatable bonds is 2. The highest BCUT2D eigenvalue weighted by molar-refractivity contribution is 5.13. The fourth-order valence-electron chi connectivity index (χ4n) is 5.24. The zero-order valence-corrected chi connectivity index (χ0v) is 14.4. The normalized spacial score (nSPS) is 58.6. The molecule has 5 rings (SSSR count). The Hall–Kier alpha value is -0.240. The van der Waals surface area contributed by atoms with Gasteiger partial charge >= 0.3 is 0 Å². The molecule has 0 amide bonds. The summed E-state index contributed by atoms with van der Waals surface area (Å²) in [6.45, 7) is 8.30. The van der Waals surface area contributed by atoms with Crippen molar-refractivity contribution in [3.05, 3.63) is 0 Å². The van der Waals surface area contributed by atoms with E-state index in [1.165, 1.54) is 0 Å². The number of aliphatic hydroxyl groups is 1. The lowest BCUT2D eigenvalue weighted by Gasteiger charge is -2.62. The summed E-state index contributed by atoms with van der Waals surface area (Å²) in [5.41, 5.74) is -1.90. The summed E-state index contributed by atoms with van der Waals surface area (Å²) in [4.78, 5) is 11.7. The van der Waals surface area contributed by atoms with Crippen LogP contribution in [-0.2, 0) is 24.0 Å². The molecule has 1 aliphatic carbocycles. The van der Waals surface area contributed by atoms with E-state index in [-0.39, 0.29) is 11.8 Å². The summed E-state index contributed by atoms with van der Waals surface area (Å²) < 4.78 is 18.0. The van der Waals surface area contributed by atoms with Gasteiger partial charge in [0.05, 0.1) is 0 Å². The lowest BCUT2D eigenvalue weighted by molar-refractivity contribution is -0.584. The molecular weight excluding hydrogens is 300 g/mol. The third kappa shape index (κ3) is 2.09. The average molecular weight is 328 g/mol. The number of hydrogen-bond donors (Lipinski definition) is 1. The molecule has 2 bridgehead atoms. The van der Waals surface area contributed by atoms with E-state index in [2.05, 4.69) is 6.92 Å². The summed E-state index contributed by atoms with van der Waals surface area (Å²) >= 11 is 0. The number of ether oxygens (including phenoxy) is 3. The fraction of sp³-hybridized carbons (Fsp3) is 1.00. The van der Waals surface area contributed by atoms with Crippen LogP contribution in [0.4, 0.5) is 0 Å². The molecule has 4 aliphatic heterocycles. The SMILES string of the molecule is CCO[C@H]1O[C@@H]2O[C@@]3(C)CC[C@H]4[C@H](C)CC[C@@H]([C@@]1(C)O)[C@@]24OO3. The summed E-state index contributed by atoms with van der Waals surface area (Å²) in [5.74, 6) is -0.222. The van der Waals surface area contributed by atoms with Crippen LogP contribution in [0, 0.1) is 17.8 Å². The molecule has 8 atom stereocenters. The minimum atomic E-state index is -1.14. The largest absolute Gasteiger partial charge is 0.384 e. The van der Waals surface area contributed by atoms with E-state index >= 15 is 0 Å². The van der Waals surface area contributed by atoms with Crippen LogP contribution in [0.3, 0.4) is 0 Å². The van der Waals surface area contributed by atoms with Gasteiger partial charge in [-0.05, 0) is 51.9 Å². The molecule has 1 saturated carbocycles. The first-order chi connectivity index (χ1) is 10.8. The van der Waals surface area contributed by atoms with Gasteiger partial charge < -0.3 is 19.3 Å². The minimum Gasteiger partial charge on any atom is -0.384 e. The third-order valence-corrected chi connectivity index (χ3v) is 6.47. The van der Waals surface area contributed by atoms with E-state index < -0.39 is 29.6 Å². The zero-order chi connectivity index (χ0) is 16.5. The van der Waals surface area contributed by atoms with Gasteiger partial charge in [0.2, 0.25) is 5.79 Å². The Morgan fingerprint density at radius 3 is 2.70 bits per heavy atom. The van der Waals surface area contributed by atoms with Crippen molar-refractivity contribution in [2.24, 2.45) is 17.8 Å². The summed E-state index contributed by atoms with van der Waals surface area (Å²) in [5, 5.41) is 11.2. The average Bonchev–Trinajstić information content (AvgIpc) is 2.71. The quantitative estimate of drug-likeness (QED) is 0.785. The van der Waals surface area contributed by atoms with Crippen LogP contribution in [0.2, 0.25) is 0 Å². The molecule has 0 unspecified atom stereocenters. The van der Waals surface area contributed by atoms with E-state index in [1.54, 1.807) is 6.92 Å². The molecule has 0 aromatic rings. The van der Waals surface area contributed by atoms with Crippen molar-refractivity contribution < 1.29 is 29.1 Å². The van der Waals surface area contributed by atoms with E-state index in [0.29, 0.717) is 12.5 Å². The lowest BCUT2D eigenvalue weighted by atomic mass is 9.57. The topological polar surface area (TPSA) is 66.4 Å². The highest BCUT2D eigenvalue weighted by Gasteiger charge is 2.72. The van der Waals surface area contributed by atoms with Crippen molar-refractivity contribution in [1.29, 1.82) is 0 Å². The summed E-state index contributed by atoms with van der Waals surface area (Å²) in [6.07, 6.45) is 2.32. The van der Waals surface area contributed by atoms with Crippen molar-refractivity contribution in [3.63, 3.8) is 0 Å². The molecule has 0 radical (unpaired) electrons. The Kier molecular flexibility index (Phi) is 3.62. The van der Waals surface area contributed by atoms with Crippen molar-refractivity contribution >= 4 is 0 Å². The van der Waals surface area contributed by atoms with E-state index in [4.69, 9.17) is 24.0 Å². The lowest BCUT2D eigenvalue weighted by Crippen LogP contribution is -2.75.